The van der Waals surface area contributed by atoms with Crippen LogP contribution in [-0.4, -0.2) is 5.71 Å². The smallest absolute Gasteiger partial charge is 0.0991 e. The van der Waals surface area contributed by atoms with E-state index in [0.717, 1.165) is 28.1 Å². The first kappa shape index (κ1) is 32.4. The third kappa shape index (κ3) is 15.9. The first-order valence-electron chi connectivity index (χ1n) is 11.5. The van der Waals surface area contributed by atoms with E-state index in [4.69, 9.17) is 5.26 Å². The van der Waals surface area contributed by atoms with Gasteiger partial charge in [-0.15, -0.1) is 0 Å². The van der Waals surface area contributed by atoms with Crippen LogP contribution in [0, 0.1) is 30.2 Å². The number of benzene rings is 2. The minimum absolute atomic E-state index is 0.670. The van der Waals surface area contributed by atoms with E-state index < -0.39 is 0 Å². The molecule has 34 heavy (non-hydrogen) atoms. The summed E-state index contributed by atoms with van der Waals surface area (Å²) in [6, 6.07) is 20.5. The van der Waals surface area contributed by atoms with Gasteiger partial charge in [0, 0.05) is 23.6 Å². The van der Waals surface area contributed by atoms with Gasteiger partial charge < -0.3 is 5.32 Å². The molecule has 0 fully saturated rings. The predicted molar refractivity (Wildman–Crippen MR) is 153 cm³/mol. The van der Waals surface area contributed by atoms with Crippen molar-refractivity contribution < 1.29 is 0 Å². The Morgan fingerprint density at radius 1 is 1.00 bits per heavy atom. The Kier molecular flexibility index (Phi) is 20.0. The van der Waals surface area contributed by atoms with Gasteiger partial charge in [-0.2, -0.15) is 5.26 Å². The molecule has 0 aliphatic rings. The summed E-state index contributed by atoms with van der Waals surface area (Å²) in [5.41, 5.74) is 7.00. The van der Waals surface area contributed by atoms with Crippen molar-refractivity contribution in [3.8, 4) is 18.0 Å². The van der Waals surface area contributed by atoms with Crippen LogP contribution in [-0.2, 0) is 0 Å². The van der Waals surface area contributed by atoms with E-state index >= 15 is 0 Å². The molecule has 0 bridgehead atoms. The number of anilines is 1. The van der Waals surface area contributed by atoms with E-state index in [1.807, 2.05) is 110 Å². The molecule has 0 aliphatic carbocycles. The SMILES string of the molecule is C/C=C\C.C=C(C)C(C)=N/C=C(\C)c1ccc(C#N)cc1.CC.CC#CNc1cccc(C)c1. The molecule has 180 valence electrons. The summed E-state index contributed by atoms with van der Waals surface area (Å²) in [6.07, 6.45) is 5.82. The normalized spacial score (nSPS) is 10.0. The number of hydrogen-bond acceptors (Lipinski definition) is 3. The monoisotopic (exact) mass is 455 g/mol. The fourth-order valence-electron chi connectivity index (χ4n) is 2.04. The molecule has 0 atom stereocenters. The molecule has 3 heteroatoms. The summed E-state index contributed by atoms with van der Waals surface area (Å²) >= 11 is 0. The molecule has 0 saturated carbocycles. The molecule has 2 rings (SSSR count). The number of nitrogens with one attached hydrogen (secondary N) is 1. The second kappa shape index (κ2) is 21.0. The maximum absolute atomic E-state index is 8.71. The molecule has 2 aromatic rings. The highest BCUT2D eigenvalue weighted by molar-refractivity contribution is 5.97. The van der Waals surface area contributed by atoms with Crippen molar-refractivity contribution in [1.82, 2.24) is 0 Å². The van der Waals surface area contributed by atoms with Crippen LogP contribution in [0.2, 0.25) is 0 Å². The van der Waals surface area contributed by atoms with Gasteiger partial charge in [0.1, 0.15) is 0 Å². The van der Waals surface area contributed by atoms with Crippen LogP contribution in [0.4, 0.5) is 5.69 Å². The molecule has 0 heterocycles. The van der Waals surface area contributed by atoms with E-state index in [0.29, 0.717) is 5.56 Å². The highest BCUT2D eigenvalue weighted by atomic mass is 14.8. The quantitative estimate of drug-likeness (QED) is 0.216. The maximum Gasteiger partial charge on any atom is 0.0991 e. The second-order valence-corrected chi connectivity index (χ2v) is 7.03. The van der Waals surface area contributed by atoms with Crippen molar-refractivity contribution in [2.75, 3.05) is 5.32 Å². The Hall–Kier alpha value is -3.82. The minimum atomic E-state index is 0.670. The molecule has 0 aliphatic heterocycles. The van der Waals surface area contributed by atoms with Crippen molar-refractivity contribution >= 4 is 17.0 Å². The van der Waals surface area contributed by atoms with Crippen molar-refractivity contribution in [1.29, 1.82) is 5.26 Å². The lowest BCUT2D eigenvalue weighted by atomic mass is 10.1. The van der Waals surface area contributed by atoms with E-state index in [1.54, 1.807) is 0 Å². The number of aryl methyl sites for hydroxylation is 1. The average Bonchev–Trinajstić information content (AvgIpc) is 2.87. The lowest BCUT2D eigenvalue weighted by Crippen LogP contribution is -1.89. The fourth-order valence-corrected chi connectivity index (χ4v) is 2.04. The molecule has 0 unspecified atom stereocenters. The Labute approximate surface area is 208 Å². The molecule has 0 spiro atoms. The largest absolute Gasteiger partial charge is 0.315 e. The molecule has 0 radical (unpaired) electrons. The van der Waals surface area contributed by atoms with Crippen LogP contribution >= 0.6 is 0 Å². The number of aliphatic imine (C=N–C) groups is 1. The molecule has 3 nitrogen and oxygen atoms in total. The summed E-state index contributed by atoms with van der Waals surface area (Å²) in [5, 5.41) is 11.7. The third-order valence-corrected chi connectivity index (χ3v) is 4.22. The van der Waals surface area contributed by atoms with Gasteiger partial charge in [0.15, 0.2) is 0 Å². The van der Waals surface area contributed by atoms with E-state index in [1.165, 1.54) is 5.56 Å². The van der Waals surface area contributed by atoms with Crippen molar-refractivity contribution in [3.63, 3.8) is 0 Å². The highest BCUT2D eigenvalue weighted by Crippen LogP contribution is 2.14. The number of allylic oxidation sites excluding steroid dienone is 4. The first-order chi connectivity index (χ1) is 16.3. The predicted octanol–water partition coefficient (Wildman–Crippen LogP) is 8.95. The molecule has 2 aromatic carbocycles. The maximum atomic E-state index is 8.71. The van der Waals surface area contributed by atoms with Gasteiger partial charge in [0.25, 0.3) is 0 Å². The topological polar surface area (TPSA) is 48.2 Å². The zero-order chi connectivity index (χ0) is 26.4. The number of rotatable bonds is 4. The van der Waals surface area contributed by atoms with Gasteiger partial charge >= 0.3 is 0 Å². The van der Waals surface area contributed by atoms with Gasteiger partial charge in [0.2, 0.25) is 0 Å². The Morgan fingerprint density at radius 3 is 2.03 bits per heavy atom. The van der Waals surface area contributed by atoms with Gasteiger partial charge in [0.05, 0.1) is 11.6 Å². The Bertz CT molecular complexity index is 1030. The van der Waals surface area contributed by atoms with Crippen LogP contribution in [0.3, 0.4) is 0 Å². The lowest BCUT2D eigenvalue weighted by molar-refractivity contribution is 1.44. The van der Waals surface area contributed by atoms with E-state index in [2.05, 4.69) is 54.0 Å². The van der Waals surface area contributed by atoms with Crippen LogP contribution in [0.5, 0.6) is 0 Å². The minimum Gasteiger partial charge on any atom is -0.315 e. The lowest BCUT2D eigenvalue weighted by Gasteiger charge is -2.00. The zero-order valence-electron chi connectivity index (χ0n) is 22.5. The summed E-state index contributed by atoms with van der Waals surface area (Å²) < 4.78 is 0. The second-order valence-electron chi connectivity index (χ2n) is 7.03. The highest BCUT2D eigenvalue weighted by Gasteiger charge is 1.96. The summed E-state index contributed by atoms with van der Waals surface area (Å²) in [7, 11) is 0. The summed E-state index contributed by atoms with van der Waals surface area (Å²) in [4.78, 5) is 4.33. The number of nitrogens with zero attached hydrogens (tertiary/aromatic N) is 2. The molecular weight excluding hydrogens is 414 g/mol. The van der Waals surface area contributed by atoms with Crippen LogP contribution in [0.15, 0.2) is 84.0 Å². The van der Waals surface area contributed by atoms with Crippen LogP contribution < -0.4 is 5.32 Å². The fraction of sp³-hybridized carbons (Fsp3) is 0.290. The third-order valence-electron chi connectivity index (χ3n) is 4.22. The van der Waals surface area contributed by atoms with Crippen molar-refractivity contribution in [2.45, 2.75) is 62.3 Å². The van der Waals surface area contributed by atoms with Crippen LogP contribution in [0.1, 0.15) is 72.1 Å². The average molecular weight is 456 g/mol. The molecule has 1 N–H and O–H groups in total. The van der Waals surface area contributed by atoms with Crippen molar-refractivity contribution in [2.24, 2.45) is 4.99 Å². The van der Waals surface area contributed by atoms with Gasteiger partial charge in [-0.1, -0.05) is 62.8 Å². The number of hydrogen-bond donors (Lipinski definition) is 1. The van der Waals surface area contributed by atoms with Gasteiger partial charge in [-0.05, 0) is 95.0 Å². The summed E-state index contributed by atoms with van der Waals surface area (Å²) in [6.45, 7) is 21.6. The molecule has 0 saturated heterocycles. The number of nitriles is 1. The standard InChI is InChI=1S/C15H16N2.C10H11N.C4H8.C2H6/c1-11(2)13(4)17-10-12(3)15-7-5-14(9-16)6-8-15;1-3-7-11-10-6-4-5-9(2)8-10;1-3-4-2;1-2/h5-8,10H,1H2,2-4H3;4-6,8,11H,1-2H3;3-4H,1-2H3;1-2H3/b12-10+,17-13?;;4-3-;. The van der Waals surface area contributed by atoms with Crippen LogP contribution in [0.25, 0.3) is 5.57 Å². The zero-order valence-corrected chi connectivity index (χ0v) is 22.5. The van der Waals surface area contributed by atoms with Gasteiger partial charge in [-0.3, -0.25) is 4.99 Å². The molecule has 0 aromatic heterocycles. The Balaban J connectivity index is 0. The van der Waals surface area contributed by atoms with E-state index in [-0.39, 0.29) is 0 Å². The summed E-state index contributed by atoms with van der Waals surface area (Å²) in [5.74, 6) is 2.77. The Morgan fingerprint density at radius 2 is 1.59 bits per heavy atom. The first-order valence-corrected chi connectivity index (χ1v) is 11.5. The molecular formula is C31H41N3. The molecule has 0 amide bonds. The van der Waals surface area contributed by atoms with Gasteiger partial charge in [-0.25, -0.2) is 0 Å². The van der Waals surface area contributed by atoms with Crippen molar-refractivity contribution in [3.05, 3.63) is 95.7 Å². The van der Waals surface area contributed by atoms with E-state index in [9.17, 15) is 0 Å².